The molecule has 2 aromatic carbocycles. The van der Waals surface area contributed by atoms with Gasteiger partial charge in [0.2, 0.25) is 0 Å². The summed E-state index contributed by atoms with van der Waals surface area (Å²) in [5.74, 6) is 7.76. The predicted molar refractivity (Wildman–Crippen MR) is 120 cm³/mol. The molecule has 0 bridgehead atoms. The van der Waals surface area contributed by atoms with Crippen LogP contribution in [0.1, 0.15) is 30.5 Å². The second-order valence-electron chi connectivity index (χ2n) is 8.21. The van der Waals surface area contributed by atoms with Crippen LogP contribution >= 0.6 is 0 Å². The van der Waals surface area contributed by atoms with Gasteiger partial charge in [-0.15, -0.1) is 0 Å². The van der Waals surface area contributed by atoms with Crippen LogP contribution < -0.4 is 10.5 Å². The highest BCUT2D eigenvalue weighted by atomic mass is 16.5. The van der Waals surface area contributed by atoms with Gasteiger partial charge in [-0.2, -0.15) is 0 Å². The maximum absolute atomic E-state index is 6.24. The van der Waals surface area contributed by atoms with E-state index in [2.05, 4.69) is 21.8 Å². The molecule has 0 saturated heterocycles. The van der Waals surface area contributed by atoms with E-state index in [1.54, 1.807) is 19.5 Å². The molecule has 7 nitrogen and oxygen atoms in total. The van der Waals surface area contributed by atoms with Crippen LogP contribution in [0, 0.1) is 11.8 Å². The maximum atomic E-state index is 6.24. The van der Waals surface area contributed by atoms with Crippen LogP contribution in [0.25, 0.3) is 11.1 Å². The molecule has 1 unspecified atom stereocenters. The number of ether oxygens (including phenoxy) is 3. The highest BCUT2D eigenvalue weighted by Crippen LogP contribution is 2.51. The quantitative estimate of drug-likeness (QED) is 0.630. The summed E-state index contributed by atoms with van der Waals surface area (Å²) in [5, 5.41) is 0. The predicted octanol–water partition coefficient (Wildman–Crippen LogP) is 3.61. The van der Waals surface area contributed by atoms with E-state index in [9.17, 15) is 0 Å². The third kappa shape index (κ3) is 3.35. The van der Waals surface area contributed by atoms with Crippen LogP contribution in [0.5, 0.6) is 11.5 Å². The zero-order chi connectivity index (χ0) is 22.3. The minimum atomic E-state index is -0.826. The van der Waals surface area contributed by atoms with Crippen molar-refractivity contribution >= 4 is 6.02 Å². The Morgan fingerprint density at radius 3 is 2.44 bits per heavy atom. The van der Waals surface area contributed by atoms with E-state index in [1.807, 2.05) is 50.2 Å². The van der Waals surface area contributed by atoms with Gasteiger partial charge < -0.3 is 19.9 Å². The van der Waals surface area contributed by atoms with Crippen molar-refractivity contribution in [1.82, 2.24) is 9.97 Å². The Morgan fingerprint density at radius 1 is 1.03 bits per heavy atom. The second kappa shape index (κ2) is 7.36. The van der Waals surface area contributed by atoms with Gasteiger partial charge in [-0.1, -0.05) is 17.9 Å². The van der Waals surface area contributed by atoms with Crippen molar-refractivity contribution in [2.45, 2.75) is 25.0 Å². The third-order valence-corrected chi connectivity index (χ3v) is 5.71. The van der Waals surface area contributed by atoms with Crippen molar-refractivity contribution in [1.29, 1.82) is 0 Å². The minimum Gasteiger partial charge on any atom is -0.462 e. The van der Waals surface area contributed by atoms with E-state index in [0.29, 0.717) is 11.5 Å². The average molecular weight is 426 g/mol. The van der Waals surface area contributed by atoms with E-state index < -0.39 is 11.1 Å². The van der Waals surface area contributed by atoms with Gasteiger partial charge in [0.15, 0.2) is 5.54 Å². The highest BCUT2D eigenvalue weighted by Gasteiger charge is 2.47. The summed E-state index contributed by atoms with van der Waals surface area (Å²) in [4.78, 5) is 13.0. The highest BCUT2D eigenvalue weighted by molar-refractivity contribution is 5.78. The molecule has 0 amide bonds. The molecule has 160 valence electrons. The van der Waals surface area contributed by atoms with Crippen LogP contribution in [0.3, 0.4) is 0 Å². The molecule has 2 N–H and O–H groups in total. The molecular formula is C25H22N4O3. The first-order valence-corrected chi connectivity index (χ1v) is 10.2. The van der Waals surface area contributed by atoms with Gasteiger partial charge in [0.25, 0.3) is 6.02 Å². The topological polar surface area (TPSA) is 91.9 Å². The Hall–Kier alpha value is -3.89. The van der Waals surface area contributed by atoms with Crippen molar-refractivity contribution in [3.8, 4) is 34.5 Å². The van der Waals surface area contributed by atoms with Crippen molar-refractivity contribution in [3.63, 3.8) is 0 Å². The van der Waals surface area contributed by atoms with Crippen molar-refractivity contribution in [2.24, 2.45) is 10.7 Å². The zero-order valence-electron chi connectivity index (χ0n) is 18.0. The first-order chi connectivity index (χ1) is 15.4. The Bertz CT molecular complexity index is 1290. The van der Waals surface area contributed by atoms with Crippen molar-refractivity contribution in [3.05, 3.63) is 71.8 Å². The largest absolute Gasteiger partial charge is 0.462 e. The molecule has 3 heterocycles. The lowest BCUT2D eigenvalue weighted by Crippen LogP contribution is -2.31. The van der Waals surface area contributed by atoms with E-state index in [4.69, 9.17) is 24.9 Å². The standard InChI is InChI=1S/C25H22N4O3/c1-24(2,30-3)9-8-16-4-6-21-19(10-16)25(14-31-23(26)29-25)20-11-17(5-7-22(20)32-21)18-12-27-15-28-13-18/h4-7,10-13,15H,14H2,1-3H3,(H2,26,29). The van der Waals surface area contributed by atoms with E-state index in [1.165, 1.54) is 6.33 Å². The van der Waals surface area contributed by atoms with Gasteiger partial charge in [-0.25, -0.2) is 15.0 Å². The number of aliphatic imine (C=N–C) groups is 1. The Balaban J connectivity index is 1.66. The van der Waals surface area contributed by atoms with E-state index >= 15 is 0 Å². The van der Waals surface area contributed by atoms with Gasteiger partial charge in [0, 0.05) is 41.8 Å². The molecule has 2 aliphatic heterocycles. The molecule has 1 spiro atoms. The number of nitrogens with zero attached hydrogens (tertiary/aromatic N) is 3. The summed E-state index contributed by atoms with van der Waals surface area (Å²) in [6.45, 7) is 4.12. The Kier molecular flexibility index (Phi) is 4.61. The molecule has 1 aromatic heterocycles. The zero-order valence-corrected chi connectivity index (χ0v) is 18.0. The summed E-state index contributed by atoms with van der Waals surface area (Å²) in [5.41, 5.74) is 9.02. The van der Waals surface area contributed by atoms with Crippen molar-refractivity contribution in [2.75, 3.05) is 13.7 Å². The first kappa shape index (κ1) is 20.0. The molecule has 32 heavy (non-hydrogen) atoms. The van der Waals surface area contributed by atoms with Crippen LogP contribution in [-0.2, 0) is 15.0 Å². The Morgan fingerprint density at radius 2 is 1.75 bits per heavy atom. The number of nitrogens with two attached hydrogens (primary N) is 1. The van der Waals surface area contributed by atoms with Crippen LogP contribution in [0.15, 0.2) is 60.1 Å². The van der Waals surface area contributed by atoms with Crippen LogP contribution in [0.2, 0.25) is 0 Å². The van der Waals surface area contributed by atoms with Gasteiger partial charge in [0.1, 0.15) is 30.0 Å². The monoisotopic (exact) mass is 426 g/mol. The molecule has 0 aliphatic carbocycles. The summed E-state index contributed by atoms with van der Waals surface area (Å²) in [7, 11) is 1.64. The molecular weight excluding hydrogens is 404 g/mol. The van der Waals surface area contributed by atoms with E-state index in [-0.39, 0.29) is 12.6 Å². The molecule has 0 fully saturated rings. The van der Waals surface area contributed by atoms with E-state index in [0.717, 1.165) is 27.8 Å². The lowest BCUT2D eigenvalue weighted by atomic mass is 9.80. The average Bonchev–Trinajstić information content (AvgIpc) is 3.21. The van der Waals surface area contributed by atoms with Gasteiger partial charge >= 0.3 is 0 Å². The van der Waals surface area contributed by atoms with Gasteiger partial charge in [-0.3, -0.25) is 0 Å². The fraction of sp³-hybridized carbons (Fsp3) is 0.240. The van der Waals surface area contributed by atoms with Crippen LogP contribution in [-0.4, -0.2) is 35.3 Å². The molecule has 2 aliphatic rings. The first-order valence-electron chi connectivity index (χ1n) is 10.2. The molecule has 3 aromatic rings. The normalized spacial score (nSPS) is 18.5. The molecule has 7 heteroatoms. The number of rotatable bonds is 2. The smallest absolute Gasteiger partial charge is 0.283 e. The third-order valence-electron chi connectivity index (χ3n) is 5.71. The lowest BCUT2D eigenvalue weighted by Gasteiger charge is -2.33. The molecule has 1 atom stereocenters. The number of hydrogen-bond donors (Lipinski definition) is 1. The van der Waals surface area contributed by atoms with Gasteiger partial charge in [0.05, 0.1) is 0 Å². The Labute approximate surface area is 186 Å². The maximum Gasteiger partial charge on any atom is 0.283 e. The number of fused-ring (bicyclic) bond motifs is 4. The van der Waals surface area contributed by atoms with Crippen molar-refractivity contribution < 1.29 is 14.2 Å². The summed E-state index contributed by atoms with van der Waals surface area (Å²) in [6, 6.07) is 11.9. The lowest BCUT2D eigenvalue weighted by molar-refractivity contribution is 0.0742. The number of amidine groups is 1. The number of hydrogen-bond acceptors (Lipinski definition) is 7. The van der Waals surface area contributed by atoms with Crippen LogP contribution in [0.4, 0.5) is 0 Å². The molecule has 5 rings (SSSR count). The molecule has 0 saturated carbocycles. The fourth-order valence-corrected chi connectivity index (χ4v) is 3.83. The SMILES string of the molecule is COC(C)(C)C#Cc1ccc2c(c1)C1(COC(N)=N1)c1cc(-c3cncnc3)ccc1O2. The number of benzene rings is 2. The number of aromatic nitrogens is 2. The summed E-state index contributed by atoms with van der Waals surface area (Å²) < 4.78 is 17.3. The van der Waals surface area contributed by atoms with Gasteiger partial charge in [-0.05, 0) is 49.7 Å². The fourth-order valence-electron chi connectivity index (χ4n) is 3.83. The molecule has 0 radical (unpaired) electrons. The minimum absolute atomic E-state index is 0.147. The second-order valence-corrected chi connectivity index (χ2v) is 8.21. The summed E-state index contributed by atoms with van der Waals surface area (Å²) in [6.07, 6.45) is 5.05. The summed E-state index contributed by atoms with van der Waals surface area (Å²) >= 11 is 0. The number of methoxy groups -OCH3 is 1.